The number of hydrogen-bond acceptors (Lipinski definition) is 3. The lowest BCUT2D eigenvalue weighted by molar-refractivity contribution is 0.262. The van der Waals surface area contributed by atoms with E-state index in [1.807, 2.05) is 66.3 Å². The second-order valence-electron chi connectivity index (χ2n) is 5.27. The summed E-state index contributed by atoms with van der Waals surface area (Å²) in [7, 11) is 1.98. The summed E-state index contributed by atoms with van der Waals surface area (Å²) < 4.78 is 3.07. The summed E-state index contributed by atoms with van der Waals surface area (Å²) in [5.74, 6) is 0. The van der Waals surface area contributed by atoms with Gasteiger partial charge in [-0.2, -0.15) is 0 Å². The lowest BCUT2D eigenvalue weighted by Gasteiger charge is -2.06. The number of hydrogen-bond donors (Lipinski definition) is 2. The van der Waals surface area contributed by atoms with Crippen molar-refractivity contribution in [2.45, 2.75) is 0 Å². The van der Waals surface area contributed by atoms with Crippen LogP contribution >= 0.6 is 11.3 Å². The summed E-state index contributed by atoms with van der Waals surface area (Å²) in [6.07, 6.45) is 2.00. The molecule has 2 heterocycles. The van der Waals surface area contributed by atoms with Crippen molar-refractivity contribution in [1.82, 2.24) is 9.55 Å². The van der Waals surface area contributed by atoms with Gasteiger partial charge >= 0.3 is 6.03 Å². The van der Waals surface area contributed by atoms with Crippen LogP contribution in [0.1, 0.15) is 0 Å². The maximum absolute atomic E-state index is 12.2. The Morgan fingerprint density at radius 3 is 2.87 bits per heavy atom. The highest BCUT2D eigenvalue weighted by atomic mass is 32.1. The monoisotopic (exact) mass is 322 g/mol. The number of aryl methyl sites for hydroxylation is 1. The maximum atomic E-state index is 12.2. The third-order valence-corrected chi connectivity index (χ3v) is 4.61. The van der Waals surface area contributed by atoms with Crippen LogP contribution in [-0.2, 0) is 7.05 Å². The number of carbonyl (C=O) groups excluding carboxylic acids is 1. The number of urea groups is 1. The summed E-state index contributed by atoms with van der Waals surface area (Å²) in [5, 5.41) is 7.36. The molecule has 2 aromatic carbocycles. The molecule has 5 nitrogen and oxygen atoms in total. The summed E-state index contributed by atoms with van der Waals surface area (Å²) >= 11 is 1.46. The summed E-state index contributed by atoms with van der Waals surface area (Å²) in [4.78, 5) is 16.5. The first-order valence-corrected chi connectivity index (χ1v) is 7.99. The Bertz CT molecular complexity index is 985. The predicted octanol–water partition coefficient (Wildman–Crippen LogP) is 4.43. The van der Waals surface area contributed by atoms with Crippen molar-refractivity contribution in [3.05, 3.63) is 54.7 Å². The highest BCUT2D eigenvalue weighted by Gasteiger charge is 2.08. The van der Waals surface area contributed by atoms with Gasteiger partial charge in [-0.3, -0.25) is 5.32 Å². The Morgan fingerprint density at radius 1 is 1.13 bits per heavy atom. The van der Waals surface area contributed by atoms with Gasteiger partial charge in [-0.1, -0.05) is 29.5 Å². The Labute approximate surface area is 136 Å². The zero-order chi connectivity index (χ0) is 15.8. The highest BCUT2D eigenvalue weighted by Crippen LogP contribution is 2.25. The van der Waals surface area contributed by atoms with E-state index in [0.29, 0.717) is 5.13 Å². The van der Waals surface area contributed by atoms with Gasteiger partial charge in [0.2, 0.25) is 0 Å². The zero-order valence-electron chi connectivity index (χ0n) is 12.4. The molecule has 0 aliphatic rings. The third kappa shape index (κ3) is 2.64. The second-order valence-corrected chi connectivity index (χ2v) is 6.30. The minimum Gasteiger partial charge on any atom is -0.350 e. The fourth-order valence-corrected chi connectivity index (χ4v) is 3.39. The molecule has 0 saturated carbocycles. The highest BCUT2D eigenvalue weighted by molar-refractivity contribution is 7.22. The number of amides is 2. The smallest absolute Gasteiger partial charge is 0.325 e. The van der Waals surface area contributed by atoms with E-state index in [9.17, 15) is 4.79 Å². The molecule has 0 unspecified atom stereocenters. The molecule has 4 rings (SSSR count). The zero-order valence-corrected chi connectivity index (χ0v) is 13.2. The maximum Gasteiger partial charge on any atom is 0.325 e. The van der Waals surface area contributed by atoms with Crippen molar-refractivity contribution in [3.63, 3.8) is 0 Å². The molecule has 2 N–H and O–H groups in total. The van der Waals surface area contributed by atoms with Gasteiger partial charge in [-0.25, -0.2) is 9.78 Å². The first-order valence-electron chi connectivity index (χ1n) is 7.18. The summed E-state index contributed by atoms with van der Waals surface area (Å²) in [6, 6.07) is 15.4. The first-order chi connectivity index (χ1) is 11.2. The van der Waals surface area contributed by atoms with E-state index < -0.39 is 0 Å². The Hall–Kier alpha value is -2.86. The van der Waals surface area contributed by atoms with E-state index in [1.54, 1.807) is 0 Å². The van der Waals surface area contributed by atoms with Gasteiger partial charge in [0.25, 0.3) is 0 Å². The molecule has 0 saturated heterocycles. The number of para-hydroxylation sites is 1. The van der Waals surface area contributed by atoms with Crippen LogP contribution in [0.5, 0.6) is 0 Å². The van der Waals surface area contributed by atoms with Crippen molar-refractivity contribution in [1.29, 1.82) is 0 Å². The number of carbonyl (C=O) groups is 1. The molecule has 6 heteroatoms. The normalized spacial score (nSPS) is 11.0. The number of fused-ring (bicyclic) bond motifs is 2. The van der Waals surface area contributed by atoms with Crippen LogP contribution in [0, 0.1) is 0 Å². The second kappa shape index (κ2) is 5.40. The molecule has 0 spiro atoms. The van der Waals surface area contributed by atoms with Gasteiger partial charge in [-0.05, 0) is 35.7 Å². The summed E-state index contributed by atoms with van der Waals surface area (Å²) in [5.41, 5.74) is 2.71. The Balaban J connectivity index is 1.53. The molecule has 0 aliphatic heterocycles. The topological polar surface area (TPSA) is 59.0 Å². The van der Waals surface area contributed by atoms with Gasteiger partial charge in [0.1, 0.15) is 0 Å². The SMILES string of the molecule is Cn1ccc2ccc(NC(=O)Nc3nc4ccccc4s3)cc21. The van der Waals surface area contributed by atoms with E-state index in [1.165, 1.54) is 11.3 Å². The number of anilines is 2. The third-order valence-electron chi connectivity index (χ3n) is 3.66. The van der Waals surface area contributed by atoms with Crippen molar-refractivity contribution in [2.24, 2.45) is 7.05 Å². The van der Waals surface area contributed by atoms with Crippen LogP contribution < -0.4 is 10.6 Å². The average Bonchev–Trinajstić information content (AvgIpc) is 3.10. The molecule has 23 heavy (non-hydrogen) atoms. The van der Waals surface area contributed by atoms with Crippen molar-refractivity contribution < 1.29 is 4.79 Å². The van der Waals surface area contributed by atoms with Gasteiger partial charge in [0, 0.05) is 24.4 Å². The predicted molar refractivity (Wildman–Crippen MR) is 95.2 cm³/mol. The minimum absolute atomic E-state index is 0.294. The van der Waals surface area contributed by atoms with Crippen molar-refractivity contribution >= 4 is 49.3 Å². The van der Waals surface area contributed by atoms with Crippen LogP contribution in [0.3, 0.4) is 0 Å². The lowest BCUT2D eigenvalue weighted by Crippen LogP contribution is -2.19. The molecule has 0 bridgehead atoms. The number of thiazole rings is 1. The number of benzene rings is 2. The molecule has 0 radical (unpaired) electrons. The van der Waals surface area contributed by atoms with E-state index in [2.05, 4.69) is 15.6 Å². The quantitative estimate of drug-likeness (QED) is 0.573. The molecule has 0 atom stereocenters. The molecule has 114 valence electrons. The molecular weight excluding hydrogens is 308 g/mol. The molecular formula is C17H14N4OS. The van der Waals surface area contributed by atoms with Crippen LogP contribution in [0.2, 0.25) is 0 Å². The van der Waals surface area contributed by atoms with E-state index in [4.69, 9.17) is 0 Å². The number of aromatic nitrogens is 2. The first kappa shape index (κ1) is 13.8. The van der Waals surface area contributed by atoms with Gasteiger partial charge in [0.15, 0.2) is 5.13 Å². The van der Waals surface area contributed by atoms with Gasteiger partial charge < -0.3 is 9.88 Å². The van der Waals surface area contributed by atoms with Crippen molar-refractivity contribution in [2.75, 3.05) is 10.6 Å². The molecule has 4 aromatic rings. The van der Waals surface area contributed by atoms with E-state index >= 15 is 0 Å². The minimum atomic E-state index is -0.294. The fraction of sp³-hybridized carbons (Fsp3) is 0.0588. The van der Waals surface area contributed by atoms with Gasteiger partial charge in [0.05, 0.1) is 10.2 Å². The number of nitrogens with zero attached hydrogens (tertiary/aromatic N) is 2. The molecule has 0 aliphatic carbocycles. The van der Waals surface area contributed by atoms with Crippen LogP contribution in [0.15, 0.2) is 54.7 Å². The Morgan fingerprint density at radius 2 is 2.00 bits per heavy atom. The molecule has 2 aromatic heterocycles. The number of rotatable bonds is 2. The standard InChI is InChI=1S/C17H14N4OS/c1-21-9-8-11-6-7-12(10-14(11)21)18-16(22)20-17-19-13-4-2-3-5-15(13)23-17/h2-10H,1H3,(H2,18,19,20,22). The fourth-order valence-electron chi connectivity index (χ4n) is 2.53. The van der Waals surface area contributed by atoms with Crippen LogP contribution in [0.4, 0.5) is 15.6 Å². The Kier molecular flexibility index (Phi) is 3.24. The van der Waals surface area contributed by atoms with E-state index in [-0.39, 0.29) is 6.03 Å². The summed E-state index contributed by atoms with van der Waals surface area (Å²) in [6.45, 7) is 0. The number of nitrogens with one attached hydrogen (secondary N) is 2. The molecule has 2 amide bonds. The average molecular weight is 322 g/mol. The van der Waals surface area contributed by atoms with Gasteiger partial charge in [-0.15, -0.1) is 0 Å². The molecule has 0 fully saturated rings. The largest absolute Gasteiger partial charge is 0.350 e. The van der Waals surface area contributed by atoms with Crippen molar-refractivity contribution in [3.8, 4) is 0 Å². The lowest BCUT2D eigenvalue weighted by atomic mass is 10.2. The van der Waals surface area contributed by atoms with Crippen LogP contribution in [-0.4, -0.2) is 15.6 Å². The van der Waals surface area contributed by atoms with E-state index in [0.717, 1.165) is 26.8 Å². The van der Waals surface area contributed by atoms with Crippen LogP contribution in [0.25, 0.3) is 21.1 Å².